The van der Waals surface area contributed by atoms with E-state index in [1.165, 1.54) is 21.8 Å². The van der Waals surface area contributed by atoms with Gasteiger partial charge in [-0.05, 0) is 43.7 Å². The topological polar surface area (TPSA) is 59.3 Å². The molecule has 0 saturated heterocycles. The Bertz CT molecular complexity index is 781. The third-order valence-electron chi connectivity index (χ3n) is 4.35. The van der Waals surface area contributed by atoms with Crippen LogP contribution in [0.2, 0.25) is 0 Å². The molecule has 0 atom stereocenters. The minimum absolute atomic E-state index is 0.139. The van der Waals surface area contributed by atoms with Gasteiger partial charge in [-0.1, -0.05) is 6.92 Å². The van der Waals surface area contributed by atoms with E-state index >= 15 is 0 Å². The molecule has 1 aliphatic carbocycles. The molecule has 25 heavy (non-hydrogen) atoms. The van der Waals surface area contributed by atoms with Crippen molar-refractivity contribution in [2.24, 2.45) is 0 Å². The van der Waals surface area contributed by atoms with E-state index in [-0.39, 0.29) is 18.4 Å². The summed E-state index contributed by atoms with van der Waals surface area (Å²) in [6.07, 6.45) is 7.68. The molecule has 1 aliphatic rings. The average Bonchev–Trinajstić information content (AvgIpc) is 3.16. The van der Waals surface area contributed by atoms with Crippen LogP contribution in [0.15, 0.2) is 24.5 Å². The third kappa shape index (κ3) is 3.90. The smallest absolute Gasteiger partial charge is 0.341 e. The number of carbonyl (C=O) groups is 2. The van der Waals surface area contributed by atoms with E-state index in [9.17, 15) is 9.59 Å². The van der Waals surface area contributed by atoms with Gasteiger partial charge in [-0.15, -0.1) is 11.3 Å². The largest absolute Gasteiger partial charge is 0.462 e. The van der Waals surface area contributed by atoms with Crippen molar-refractivity contribution in [3.05, 3.63) is 46.1 Å². The molecule has 0 aromatic carbocycles. The number of hydrogen-bond donors (Lipinski definition) is 1. The molecular formula is C19H23N2O3S+. The van der Waals surface area contributed by atoms with E-state index in [1.54, 1.807) is 6.92 Å². The van der Waals surface area contributed by atoms with Crippen molar-refractivity contribution >= 4 is 28.2 Å². The monoisotopic (exact) mass is 359 g/mol. The number of anilines is 1. The number of aryl methyl sites for hydroxylation is 2. The maximum absolute atomic E-state index is 12.4. The summed E-state index contributed by atoms with van der Waals surface area (Å²) in [5.41, 5.74) is 2.84. The Kier molecular flexibility index (Phi) is 5.48. The molecule has 0 bridgehead atoms. The second-order valence-electron chi connectivity index (χ2n) is 6.06. The van der Waals surface area contributed by atoms with Crippen LogP contribution in [0.25, 0.3) is 0 Å². The van der Waals surface area contributed by atoms with Gasteiger partial charge in [0.2, 0.25) is 6.54 Å². The number of fused-ring (bicyclic) bond motifs is 1. The van der Waals surface area contributed by atoms with Crippen LogP contribution in [0, 0.1) is 0 Å². The Morgan fingerprint density at radius 1 is 1.24 bits per heavy atom. The first kappa shape index (κ1) is 17.6. The van der Waals surface area contributed by atoms with Gasteiger partial charge in [0, 0.05) is 17.0 Å². The van der Waals surface area contributed by atoms with Gasteiger partial charge >= 0.3 is 5.97 Å². The molecule has 132 valence electrons. The molecular weight excluding hydrogens is 336 g/mol. The number of amides is 1. The van der Waals surface area contributed by atoms with Crippen molar-refractivity contribution in [2.45, 2.75) is 46.1 Å². The fraction of sp³-hybridized carbons (Fsp3) is 0.421. The Morgan fingerprint density at radius 2 is 2.00 bits per heavy atom. The van der Waals surface area contributed by atoms with E-state index in [0.29, 0.717) is 17.2 Å². The van der Waals surface area contributed by atoms with Crippen LogP contribution in [0.3, 0.4) is 0 Å². The molecule has 0 fully saturated rings. The normalized spacial score (nSPS) is 12.7. The summed E-state index contributed by atoms with van der Waals surface area (Å²) in [5, 5.41) is 3.54. The van der Waals surface area contributed by atoms with Crippen LogP contribution in [-0.2, 0) is 35.3 Å². The predicted molar refractivity (Wildman–Crippen MR) is 96.9 cm³/mol. The molecule has 2 heterocycles. The lowest BCUT2D eigenvalue weighted by Gasteiger charge is -2.07. The molecule has 1 amide bonds. The van der Waals surface area contributed by atoms with Gasteiger partial charge in [0.1, 0.15) is 5.00 Å². The molecule has 0 aliphatic heterocycles. The van der Waals surface area contributed by atoms with E-state index in [2.05, 4.69) is 12.2 Å². The molecule has 0 unspecified atom stereocenters. The number of thiophene rings is 1. The molecule has 5 nitrogen and oxygen atoms in total. The van der Waals surface area contributed by atoms with Crippen LogP contribution in [0.4, 0.5) is 5.00 Å². The highest BCUT2D eigenvalue weighted by molar-refractivity contribution is 7.17. The number of ether oxygens (including phenoxy) is 1. The number of nitrogens with zero attached hydrogens (tertiary/aromatic N) is 1. The van der Waals surface area contributed by atoms with Crippen molar-refractivity contribution in [3.8, 4) is 0 Å². The molecule has 1 N–H and O–H groups in total. The lowest BCUT2D eigenvalue weighted by Crippen LogP contribution is -2.39. The van der Waals surface area contributed by atoms with Crippen LogP contribution >= 0.6 is 11.3 Å². The maximum Gasteiger partial charge on any atom is 0.341 e. The second kappa shape index (κ2) is 7.78. The van der Waals surface area contributed by atoms with Gasteiger partial charge in [-0.3, -0.25) is 4.79 Å². The number of esters is 1. The first-order valence-corrected chi connectivity index (χ1v) is 9.53. The predicted octanol–water partition coefficient (Wildman–Crippen LogP) is 2.90. The fourth-order valence-corrected chi connectivity index (χ4v) is 4.37. The zero-order valence-electron chi connectivity index (χ0n) is 14.6. The number of aromatic nitrogens is 1. The van der Waals surface area contributed by atoms with Gasteiger partial charge in [0.25, 0.3) is 5.91 Å². The number of pyridine rings is 1. The Hall–Kier alpha value is -2.21. The highest BCUT2D eigenvalue weighted by atomic mass is 32.1. The SMILES string of the molecule is CCOC(=O)c1c(NC(=O)C[n+]2ccc(CC)cc2)sc2c1CCC2. The van der Waals surface area contributed by atoms with E-state index in [1.807, 2.05) is 29.1 Å². The lowest BCUT2D eigenvalue weighted by atomic mass is 10.1. The molecule has 0 spiro atoms. The van der Waals surface area contributed by atoms with Crippen LogP contribution in [-0.4, -0.2) is 18.5 Å². The van der Waals surface area contributed by atoms with Crippen LogP contribution < -0.4 is 9.88 Å². The zero-order valence-corrected chi connectivity index (χ0v) is 15.4. The summed E-state index contributed by atoms with van der Waals surface area (Å²) in [4.78, 5) is 25.9. The number of nitrogens with one attached hydrogen (secondary N) is 1. The number of carbonyl (C=O) groups excluding carboxylic acids is 2. The molecule has 2 aromatic rings. The summed E-state index contributed by atoms with van der Waals surface area (Å²) >= 11 is 1.51. The highest BCUT2D eigenvalue weighted by Crippen LogP contribution is 2.39. The average molecular weight is 359 g/mol. The maximum atomic E-state index is 12.4. The van der Waals surface area contributed by atoms with Crippen molar-refractivity contribution in [3.63, 3.8) is 0 Å². The van der Waals surface area contributed by atoms with E-state index < -0.39 is 0 Å². The summed E-state index contributed by atoms with van der Waals surface area (Å²) in [5.74, 6) is -0.475. The number of rotatable bonds is 6. The van der Waals surface area contributed by atoms with Crippen molar-refractivity contribution in [2.75, 3.05) is 11.9 Å². The fourth-order valence-electron chi connectivity index (χ4n) is 3.07. The minimum Gasteiger partial charge on any atom is -0.462 e. The van der Waals surface area contributed by atoms with Gasteiger partial charge in [0.05, 0.1) is 12.2 Å². The molecule has 0 radical (unpaired) electrons. The summed E-state index contributed by atoms with van der Waals surface area (Å²) < 4.78 is 7.02. The van der Waals surface area contributed by atoms with Crippen molar-refractivity contribution < 1.29 is 18.9 Å². The van der Waals surface area contributed by atoms with Gasteiger partial charge in [-0.25, -0.2) is 4.79 Å². The standard InChI is InChI=1S/C19H22N2O3S/c1-3-13-8-10-21(11-9-13)12-16(22)20-18-17(19(23)24-4-2)14-6-5-7-15(14)25-18/h8-11H,3-7,12H2,1-2H3/p+1. The van der Waals surface area contributed by atoms with E-state index in [0.717, 1.165) is 31.2 Å². The van der Waals surface area contributed by atoms with Crippen LogP contribution in [0.5, 0.6) is 0 Å². The van der Waals surface area contributed by atoms with Crippen molar-refractivity contribution in [1.29, 1.82) is 0 Å². The summed E-state index contributed by atoms with van der Waals surface area (Å²) in [6.45, 7) is 4.43. The highest BCUT2D eigenvalue weighted by Gasteiger charge is 2.28. The van der Waals surface area contributed by atoms with Gasteiger partial charge in [0.15, 0.2) is 12.4 Å². The number of hydrogen-bond acceptors (Lipinski definition) is 4. The molecule has 0 saturated carbocycles. The summed E-state index contributed by atoms with van der Waals surface area (Å²) in [7, 11) is 0. The Morgan fingerprint density at radius 3 is 2.68 bits per heavy atom. The first-order valence-electron chi connectivity index (χ1n) is 8.71. The molecule has 2 aromatic heterocycles. The van der Waals surface area contributed by atoms with Crippen molar-refractivity contribution in [1.82, 2.24) is 0 Å². The van der Waals surface area contributed by atoms with Gasteiger partial charge < -0.3 is 10.1 Å². The van der Waals surface area contributed by atoms with Gasteiger partial charge in [-0.2, -0.15) is 4.57 Å². The second-order valence-corrected chi connectivity index (χ2v) is 7.17. The lowest BCUT2D eigenvalue weighted by molar-refractivity contribution is -0.684. The Labute approximate surface area is 151 Å². The van der Waals surface area contributed by atoms with E-state index in [4.69, 9.17) is 4.74 Å². The Balaban J connectivity index is 1.75. The summed E-state index contributed by atoms with van der Waals surface area (Å²) in [6, 6.07) is 4.02. The quantitative estimate of drug-likeness (QED) is 0.637. The third-order valence-corrected chi connectivity index (χ3v) is 5.56. The zero-order chi connectivity index (χ0) is 17.8. The molecule has 3 rings (SSSR count). The molecule has 6 heteroatoms. The minimum atomic E-state index is -0.336. The van der Waals surface area contributed by atoms with Crippen LogP contribution in [0.1, 0.15) is 46.6 Å². The first-order chi connectivity index (χ1) is 12.1.